The van der Waals surface area contributed by atoms with Crippen LogP contribution in [-0.2, 0) is 0 Å². The molecule has 1 fully saturated rings. The third-order valence-electron chi connectivity index (χ3n) is 5.78. The first kappa shape index (κ1) is 21.4. The van der Waals surface area contributed by atoms with Gasteiger partial charge in [0.05, 0.1) is 30.6 Å². The number of nitrogens with zero attached hydrogens (tertiary/aromatic N) is 5. The number of hydrogen-bond acceptors (Lipinski definition) is 6. The average molecular weight is 467 g/mol. The normalized spacial score (nSPS) is 18.0. The molecule has 2 N–H and O–H groups in total. The van der Waals surface area contributed by atoms with E-state index in [1.807, 2.05) is 6.92 Å². The number of nitrogens with one attached hydrogen (secondary N) is 1. The molecule has 1 aliphatic carbocycles. The summed E-state index contributed by atoms with van der Waals surface area (Å²) >= 11 is 6.29. The number of aliphatic hydroxyl groups is 1. The zero-order valence-corrected chi connectivity index (χ0v) is 18.7. The summed E-state index contributed by atoms with van der Waals surface area (Å²) in [6.07, 6.45) is 8.52. The lowest BCUT2D eigenvalue weighted by Gasteiger charge is -2.14. The Bertz CT molecular complexity index is 1320. The lowest BCUT2D eigenvalue weighted by molar-refractivity contribution is 0.102. The van der Waals surface area contributed by atoms with Gasteiger partial charge in [0.25, 0.3) is 5.91 Å². The van der Waals surface area contributed by atoms with Gasteiger partial charge in [-0.15, -0.1) is 0 Å². The van der Waals surface area contributed by atoms with E-state index in [9.17, 15) is 9.90 Å². The zero-order valence-electron chi connectivity index (χ0n) is 18.0. The van der Waals surface area contributed by atoms with E-state index in [0.29, 0.717) is 45.5 Å². The molecule has 1 unspecified atom stereocenters. The van der Waals surface area contributed by atoms with Crippen molar-refractivity contribution in [2.24, 2.45) is 0 Å². The number of amides is 1. The van der Waals surface area contributed by atoms with Crippen LogP contribution in [0.1, 0.15) is 42.6 Å². The molecule has 170 valence electrons. The molecular weight excluding hydrogens is 444 g/mol. The second-order valence-electron chi connectivity index (χ2n) is 7.91. The third kappa shape index (κ3) is 4.05. The van der Waals surface area contributed by atoms with Crippen LogP contribution in [0.25, 0.3) is 16.9 Å². The minimum Gasteiger partial charge on any atom is -0.493 e. The Balaban J connectivity index is 1.58. The number of benzene rings is 1. The van der Waals surface area contributed by atoms with Gasteiger partial charge in [0.2, 0.25) is 0 Å². The Kier molecular flexibility index (Phi) is 5.74. The summed E-state index contributed by atoms with van der Waals surface area (Å²) in [5.41, 5.74) is 2.44. The highest BCUT2D eigenvalue weighted by molar-refractivity contribution is 6.31. The van der Waals surface area contributed by atoms with Crippen LogP contribution in [-0.4, -0.2) is 48.1 Å². The molecule has 1 amide bonds. The predicted octanol–water partition coefficient (Wildman–Crippen LogP) is 3.98. The van der Waals surface area contributed by atoms with E-state index in [1.54, 1.807) is 47.5 Å². The molecule has 5 rings (SSSR count). The first-order valence-electron chi connectivity index (χ1n) is 10.8. The fourth-order valence-corrected chi connectivity index (χ4v) is 4.40. The van der Waals surface area contributed by atoms with Crippen molar-refractivity contribution in [3.8, 4) is 17.0 Å². The lowest BCUT2D eigenvalue weighted by Crippen LogP contribution is -2.18. The van der Waals surface area contributed by atoms with Crippen molar-refractivity contribution >= 4 is 28.8 Å². The molecule has 1 aliphatic rings. The number of carbonyl (C=O) groups is 1. The zero-order chi connectivity index (χ0) is 22.9. The molecule has 2 atom stereocenters. The summed E-state index contributed by atoms with van der Waals surface area (Å²) in [5, 5.41) is 22.9. The fourth-order valence-electron chi connectivity index (χ4n) is 4.23. The number of rotatable bonds is 6. The Morgan fingerprint density at radius 2 is 2.24 bits per heavy atom. The molecule has 9 nitrogen and oxygen atoms in total. The van der Waals surface area contributed by atoms with Crippen LogP contribution >= 0.6 is 11.6 Å². The van der Waals surface area contributed by atoms with Crippen molar-refractivity contribution in [3.05, 3.63) is 59.6 Å². The lowest BCUT2D eigenvalue weighted by atomic mass is 10.1. The summed E-state index contributed by atoms with van der Waals surface area (Å²) in [4.78, 5) is 17.5. The number of halogens is 1. The predicted molar refractivity (Wildman–Crippen MR) is 124 cm³/mol. The van der Waals surface area contributed by atoms with Gasteiger partial charge in [-0.3, -0.25) is 9.48 Å². The topological polar surface area (TPSA) is 107 Å². The summed E-state index contributed by atoms with van der Waals surface area (Å²) in [7, 11) is 0. The highest BCUT2D eigenvalue weighted by atomic mass is 35.5. The molecule has 3 aromatic heterocycles. The molecule has 10 heteroatoms. The minimum atomic E-state index is -0.490. The molecule has 0 aliphatic heterocycles. The SMILES string of the molecule is CCOc1ccc(Cl)cc1-c1nn(C2CCC[C@H]2O)cc1NC(=O)c1cnn2cccnc12. The van der Waals surface area contributed by atoms with Gasteiger partial charge in [0.15, 0.2) is 5.65 Å². The van der Waals surface area contributed by atoms with Gasteiger partial charge >= 0.3 is 0 Å². The Hall–Kier alpha value is -3.43. The number of anilines is 1. The first-order chi connectivity index (χ1) is 16.0. The quantitative estimate of drug-likeness (QED) is 0.445. The van der Waals surface area contributed by atoms with Crippen LogP contribution in [0.5, 0.6) is 5.75 Å². The van der Waals surface area contributed by atoms with E-state index in [0.717, 1.165) is 19.3 Å². The van der Waals surface area contributed by atoms with Gasteiger partial charge < -0.3 is 15.2 Å². The summed E-state index contributed by atoms with van der Waals surface area (Å²) in [6, 6.07) is 6.87. The Morgan fingerprint density at radius 1 is 1.36 bits per heavy atom. The van der Waals surface area contributed by atoms with Crippen LogP contribution in [0.15, 0.2) is 49.1 Å². The summed E-state index contributed by atoms with van der Waals surface area (Å²) in [5.74, 6) is 0.240. The van der Waals surface area contributed by atoms with Gasteiger partial charge in [-0.1, -0.05) is 11.6 Å². The standard InChI is InChI=1S/C23H23ClN6O3/c1-2-33-20-8-7-14(24)11-15(20)21-17(13-30(28-21)18-5-3-6-19(18)31)27-23(32)16-12-26-29-10-4-9-25-22(16)29/h4,7-13,18-19,31H,2-3,5-6H2,1H3,(H,27,32)/t18?,19-/m1/s1. The van der Waals surface area contributed by atoms with Crippen molar-refractivity contribution in [3.63, 3.8) is 0 Å². The molecule has 33 heavy (non-hydrogen) atoms. The van der Waals surface area contributed by atoms with Crippen molar-refractivity contribution in [1.82, 2.24) is 24.4 Å². The van der Waals surface area contributed by atoms with Crippen molar-refractivity contribution < 1.29 is 14.6 Å². The van der Waals surface area contributed by atoms with E-state index in [1.165, 1.54) is 10.7 Å². The highest BCUT2D eigenvalue weighted by Gasteiger charge is 2.30. The third-order valence-corrected chi connectivity index (χ3v) is 6.02. The smallest absolute Gasteiger partial charge is 0.261 e. The van der Waals surface area contributed by atoms with Gasteiger partial charge in [0.1, 0.15) is 17.0 Å². The molecule has 0 saturated heterocycles. The van der Waals surface area contributed by atoms with Crippen LogP contribution < -0.4 is 10.1 Å². The molecule has 1 aromatic carbocycles. The van der Waals surface area contributed by atoms with Gasteiger partial charge in [-0.2, -0.15) is 10.2 Å². The van der Waals surface area contributed by atoms with E-state index < -0.39 is 6.10 Å². The molecule has 4 aromatic rings. The summed E-state index contributed by atoms with van der Waals surface area (Å²) < 4.78 is 9.07. The Labute approximate surface area is 195 Å². The number of hydrogen-bond donors (Lipinski definition) is 2. The highest BCUT2D eigenvalue weighted by Crippen LogP contribution is 2.39. The molecule has 0 bridgehead atoms. The van der Waals surface area contributed by atoms with Crippen LogP contribution in [0.3, 0.4) is 0 Å². The van der Waals surface area contributed by atoms with E-state index in [4.69, 9.17) is 21.4 Å². The molecule has 0 radical (unpaired) electrons. The molecule has 1 saturated carbocycles. The maximum absolute atomic E-state index is 13.2. The van der Waals surface area contributed by atoms with E-state index >= 15 is 0 Å². The largest absolute Gasteiger partial charge is 0.493 e. The molecular formula is C23H23ClN6O3. The van der Waals surface area contributed by atoms with Crippen molar-refractivity contribution in [1.29, 1.82) is 0 Å². The Morgan fingerprint density at radius 3 is 3.03 bits per heavy atom. The number of fused-ring (bicyclic) bond motifs is 1. The fraction of sp³-hybridized carbons (Fsp3) is 0.304. The maximum atomic E-state index is 13.2. The van der Waals surface area contributed by atoms with Crippen LogP contribution in [0, 0.1) is 0 Å². The molecule has 0 spiro atoms. The number of aromatic nitrogens is 5. The number of aliphatic hydroxyl groups excluding tert-OH is 1. The van der Waals surface area contributed by atoms with Gasteiger partial charge in [-0.05, 0) is 50.5 Å². The van der Waals surface area contributed by atoms with Crippen molar-refractivity contribution in [2.75, 3.05) is 11.9 Å². The maximum Gasteiger partial charge on any atom is 0.261 e. The van der Waals surface area contributed by atoms with Gasteiger partial charge in [0, 0.05) is 29.2 Å². The van der Waals surface area contributed by atoms with E-state index in [-0.39, 0.29) is 11.9 Å². The monoisotopic (exact) mass is 466 g/mol. The number of carbonyl (C=O) groups excluding carboxylic acids is 1. The van der Waals surface area contributed by atoms with Crippen molar-refractivity contribution in [2.45, 2.75) is 38.3 Å². The number of ether oxygens (including phenoxy) is 1. The first-order valence-corrected chi connectivity index (χ1v) is 11.2. The second-order valence-corrected chi connectivity index (χ2v) is 8.35. The average Bonchev–Trinajstić information content (AvgIpc) is 3.53. The van der Waals surface area contributed by atoms with Crippen LogP contribution in [0.4, 0.5) is 5.69 Å². The minimum absolute atomic E-state index is 0.164. The van der Waals surface area contributed by atoms with E-state index in [2.05, 4.69) is 15.4 Å². The van der Waals surface area contributed by atoms with Crippen LogP contribution in [0.2, 0.25) is 5.02 Å². The molecule has 3 heterocycles. The summed E-state index contributed by atoms with van der Waals surface area (Å²) in [6.45, 7) is 2.36. The second kappa shape index (κ2) is 8.84. The van der Waals surface area contributed by atoms with Gasteiger partial charge in [-0.25, -0.2) is 9.50 Å².